The van der Waals surface area contributed by atoms with E-state index < -0.39 is 11.5 Å². The van der Waals surface area contributed by atoms with Crippen LogP contribution in [0.1, 0.15) is 36.0 Å². The van der Waals surface area contributed by atoms with Gasteiger partial charge in [0, 0.05) is 38.3 Å². The molecule has 2 aromatic rings. The Morgan fingerprint density at radius 1 is 1.35 bits per heavy atom. The number of hydrogen-bond donors (Lipinski definition) is 2. The lowest BCUT2D eigenvalue weighted by molar-refractivity contribution is -0.139. The van der Waals surface area contributed by atoms with Gasteiger partial charge in [0.15, 0.2) is 11.4 Å². The van der Waals surface area contributed by atoms with Gasteiger partial charge in [-0.15, -0.1) is 0 Å². The minimum Gasteiger partial charge on any atom is -0.504 e. The van der Waals surface area contributed by atoms with Crippen LogP contribution in [0.15, 0.2) is 29.3 Å². The summed E-state index contributed by atoms with van der Waals surface area (Å²) in [5.74, 6) is -0.559. The molecular formula is C18H21N3O5. The SMILES string of the molecule is O=C(NC1CCOC2(CCOCC2)C1)c1cnc2c(O)cccn2c1=O. The van der Waals surface area contributed by atoms with Crippen molar-refractivity contribution in [3.05, 3.63) is 40.4 Å². The first-order valence-corrected chi connectivity index (χ1v) is 8.80. The van der Waals surface area contributed by atoms with Crippen molar-refractivity contribution in [1.29, 1.82) is 0 Å². The molecule has 138 valence electrons. The first-order chi connectivity index (χ1) is 12.6. The number of nitrogens with one attached hydrogen (secondary N) is 1. The van der Waals surface area contributed by atoms with Crippen molar-refractivity contribution in [3.8, 4) is 5.75 Å². The topological polar surface area (TPSA) is 102 Å². The molecule has 2 aliphatic rings. The maximum absolute atomic E-state index is 12.6. The van der Waals surface area contributed by atoms with Crippen LogP contribution in [0, 0.1) is 0 Å². The summed E-state index contributed by atoms with van der Waals surface area (Å²) in [6.07, 6.45) is 5.75. The van der Waals surface area contributed by atoms with Crippen molar-refractivity contribution in [1.82, 2.24) is 14.7 Å². The second-order valence-corrected chi connectivity index (χ2v) is 6.87. The summed E-state index contributed by atoms with van der Waals surface area (Å²) in [6, 6.07) is 2.91. The number of carbonyl (C=O) groups excluding carboxylic acids is 1. The third-order valence-corrected chi connectivity index (χ3v) is 5.19. The Balaban J connectivity index is 1.54. The highest BCUT2D eigenvalue weighted by atomic mass is 16.5. The number of nitrogens with zero attached hydrogens (tertiary/aromatic N) is 2. The maximum atomic E-state index is 12.6. The Morgan fingerprint density at radius 3 is 2.96 bits per heavy atom. The average Bonchev–Trinajstić information content (AvgIpc) is 2.63. The number of amides is 1. The maximum Gasteiger partial charge on any atom is 0.270 e. The lowest BCUT2D eigenvalue weighted by atomic mass is 9.84. The molecule has 8 heteroatoms. The normalized spacial score (nSPS) is 22.4. The van der Waals surface area contributed by atoms with E-state index in [-0.39, 0.29) is 28.6 Å². The molecule has 0 bridgehead atoms. The summed E-state index contributed by atoms with van der Waals surface area (Å²) in [7, 11) is 0. The molecule has 8 nitrogen and oxygen atoms in total. The number of ether oxygens (including phenoxy) is 2. The molecule has 0 aliphatic carbocycles. The van der Waals surface area contributed by atoms with Gasteiger partial charge in [-0.3, -0.25) is 14.0 Å². The molecule has 2 aliphatic heterocycles. The summed E-state index contributed by atoms with van der Waals surface area (Å²) in [6.45, 7) is 1.91. The van der Waals surface area contributed by atoms with Crippen LogP contribution in [0.3, 0.4) is 0 Å². The quantitative estimate of drug-likeness (QED) is 0.824. The van der Waals surface area contributed by atoms with Crippen LogP contribution in [0.5, 0.6) is 5.75 Å². The summed E-state index contributed by atoms with van der Waals surface area (Å²) in [4.78, 5) is 29.3. The van der Waals surface area contributed by atoms with Crippen molar-refractivity contribution in [3.63, 3.8) is 0 Å². The third kappa shape index (κ3) is 3.06. The minimum atomic E-state index is -0.503. The monoisotopic (exact) mass is 359 g/mol. The van der Waals surface area contributed by atoms with E-state index in [4.69, 9.17) is 9.47 Å². The number of aromatic hydroxyl groups is 1. The second-order valence-electron chi connectivity index (χ2n) is 6.87. The van der Waals surface area contributed by atoms with Gasteiger partial charge in [0.25, 0.3) is 11.5 Å². The predicted octanol–water partition coefficient (Wildman–Crippen LogP) is 0.858. The zero-order valence-electron chi connectivity index (χ0n) is 14.3. The van der Waals surface area contributed by atoms with Gasteiger partial charge in [-0.2, -0.15) is 0 Å². The standard InChI is InChI=1S/C18H21N3O5/c22-14-2-1-6-21-15(14)19-11-13(17(21)24)16(23)20-12-3-7-26-18(10-12)4-8-25-9-5-18/h1-2,6,11-12,22H,3-5,7-10H2,(H,20,23). The molecule has 1 unspecified atom stereocenters. The smallest absolute Gasteiger partial charge is 0.270 e. The van der Waals surface area contributed by atoms with Gasteiger partial charge in [-0.1, -0.05) is 0 Å². The Morgan fingerprint density at radius 2 is 2.15 bits per heavy atom. The Bertz CT molecular complexity index is 883. The average molecular weight is 359 g/mol. The molecule has 4 rings (SSSR count). The molecule has 1 atom stereocenters. The molecule has 2 fully saturated rings. The van der Waals surface area contributed by atoms with E-state index in [0.29, 0.717) is 32.7 Å². The summed E-state index contributed by atoms with van der Waals surface area (Å²) in [5.41, 5.74) is -0.658. The first-order valence-electron chi connectivity index (χ1n) is 8.80. The fourth-order valence-corrected chi connectivity index (χ4v) is 3.75. The number of aromatic nitrogens is 2. The molecule has 0 aromatic carbocycles. The highest BCUT2D eigenvalue weighted by Gasteiger charge is 2.39. The van der Waals surface area contributed by atoms with Gasteiger partial charge in [0.05, 0.1) is 5.60 Å². The molecule has 2 N–H and O–H groups in total. The van der Waals surface area contributed by atoms with Gasteiger partial charge in [0.1, 0.15) is 5.56 Å². The molecule has 2 saturated heterocycles. The van der Waals surface area contributed by atoms with Gasteiger partial charge in [-0.25, -0.2) is 4.98 Å². The molecule has 0 saturated carbocycles. The lowest BCUT2D eigenvalue weighted by Crippen LogP contribution is -2.51. The number of rotatable bonds is 2. The van der Waals surface area contributed by atoms with Gasteiger partial charge < -0.3 is 19.9 Å². The number of pyridine rings is 1. The minimum absolute atomic E-state index is 0.0411. The molecule has 0 radical (unpaired) electrons. The van der Waals surface area contributed by atoms with E-state index in [9.17, 15) is 14.7 Å². The molecule has 4 heterocycles. The number of hydrogen-bond acceptors (Lipinski definition) is 6. The molecule has 26 heavy (non-hydrogen) atoms. The van der Waals surface area contributed by atoms with Crippen molar-refractivity contribution in [2.75, 3.05) is 19.8 Å². The first kappa shape index (κ1) is 17.0. The van der Waals surface area contributed by atoms with Crippen LogP contribution in [0.4, 0.5) is 0 Å². The van der Waals surface area contributed by atoms with E-state index >= 15 is 0 Å². The van der Waals surface area contributed by atoms with Gasteiger partial charge in [0.2, 0.25) is 0 Å². The van der Waals surface area contributed by atoms with Crippen LogP contribution in [-0.2, 0) is 9.47 Å². The summed E-state index contributed by atoms with van der Waals surface area (Å²) in [5, 5.41) is 12.7. The molecule has 1 spiro atoms. The molecule has 1 amide bonds. The molecular weight excluding hydrogens is 338 g/mol. The zero-order chi connectivity index (χ0) is 18.1. The van der Waals surface area contributed by atoms with Crippen LogP contribution in [-0.4, -0.2) is 51.9 Å². The number of carbonyl (C=O) groups is 1. The summed E-state index contributed by atoms with van der Waals surface area (Å²) < 4.78 is 12.6. The van der Waals surface area contributed by atoms with Crippen molar-refractivity contribution in [2.45, 2.75) is 37.3 Å². The van der Waals surface area contributed by atoms with Crippen LogP contribution in [0.25, 0.3) is 5.65 Å². The number of fused-ring (bicyclic) bond motifs is 1. The van der Waals surface area contributed by atoms with Crippen molar-refractivity contribution in [2.24, 2.45) is 0 Å². The Labute approximate surface area is 149 Å². The van der Waals surface area contributed by atoms with Crippen molar-refractivity contribution < 1.29 is 19.4 Å². The largest absolute Gasteiger partial charge is 0.504 e. The zero-order valence-corrected chi connectivity index (χ0v) is 14.3. The fraction of sp³-hybridized carbons (Fsp3) is 0.500. The Hall–Kier alpha value is -2.45. The molecule has 2 aromatic heterocycles. The lowest BCUT2D eigenvalue weighted by Gasteiger charge is -2.43. The van der Waals surface area contributed by atoms with Crippen LogP contribution < -0.4 is 10.9 Å². The highest BCUT2D eigenvalue weighted by Crippen LogP contribution is 2.34. The predicted molar refractivity (Wildman–Crippen MR) is 92.4 cm³/mol. The van der Waals surface area contributed by atoms with E-state index in [0.717, 1.165) is 12.8 Å². The van der Waals surface area contributed by atoms with Crippen molar-refractivity contribution >= 4 is 11.6 Å². The van der Waals surface area contributed by atoms with E-state index in [2.05, 4.69) is 10.3 Å². The van der Waals surface area contributed by atoms with Crippen LogP contribution in [0.2, 0.25) is 0 Å². The summed E-state index contributed by atoms with van der Waals surface area (Å²) >= 11 is 0. The van der Waals surface area contributed by atoms with Gasteiger partial charge in [-0.05, 0) is 37.8 Å². The second kappa shape index (κ2) is 6.69. The highest BCUT2D eigenvalue weighted by molar-refractivity contribution is 5.94. The van der Waals surface area contributed by atoms with E-state index in [1.807, 2.05) is 0 Å². The van der Waals surface area contributed by atoms with Gasteiger partial charge >= 0.3 is 0 Å². The fourth-order valence-electron chi connectivity index (χ4n) is 3.75. The third-order valence-electron chi connectivity index (χ3n) is 5.19. The van der Waals surface area contributed by atoms with Crippen LogP contribution >= 0.6 is 0 Å². The van der Waals surface area contributed by atoms with E-state index in [1.165, 1.54) is 28.9 Å². The van der Waals surface area contributed by atoms with E-state index in [1.54, 1.807) is 0 Å². The Kier molecular flexibility index (Phi) is 4.37.